The first kappa shape index (κ1) is 24.4. The summed E-state index contributed by atoms with van der Waals surface area (Å²) < 4.78 is 43.5. The lowest BCUT2D eigenvalue weighted by molar-refractivity contribution is -0.148. The highest BCUT2D eigenvalue weighted by atomic mass is 32.2. The third-order valence-electron chi connectivity index (χ3n) is 4.00. The number of urea groups is 1. The summed E-state index contributed by atoms with van der Waals surface area (Å²) in [5, 5.41) is 6.39. The molecule has 3 amide bonds. The number of thiophene rings is 1. The third-order valence-corrected chi connectivity index (χ3v) is 6.74. The normalized spacial score (nSPS) is 11.2. The number of nitrogens with zero attached hydrogens (tertiary/aromatic N) is 1. The van der Waals surface area contributed by atoms with Crippen LogP contribution in [0.4, 0.5) is 9.18 Å². The molecule has 1 aromatic carbocycles. The number of amides is 3. The van der Waals surface area contributed by atoms with Crippen molar-refractivity contribution in [2.24, 2.45) is 0 Å². The van der Waals surface area contributed by atoms with Crippen molar-refractivity contribution < 1.29 is 31.9 Å². The van der Waals surface area contributed by atoms with Gasteiger partial charge in [-0.05, 0) is 42.1 Å². The average molecular weight is 472 g/mol. The minimum Gasteiger partial charge on any atom is -0.456 e. The Hall–Kier alpha value is -2.83. The predicted octanol–water partition coefficient (Wildman–Crippen LogP) is 1.86. The second-order valence-electron chi connectivity index (χ2n) is 6.35. The van der Waals surface area contributed by atoms with Crippen molar-refractivity contribution in [3.63, 3.8) is 0 Å². The number of sulfonamides is 1. The molecular formula is C19H22FN3O6S2. The minimum atomic E-state index is -3.81. The maximum absolute atomic E-state index is 13.0. The summed E-state index contributed by atoms with van der Waals surface area (Å²) in [6.45, 7) is -0.341. The van der Waals surface area contributed by atoms with Crippen molar-refractivity contribution in [3.8, 4) is 0 Å². The number of hydrogen-bond acceptors (Lipinski definition) is 7. The van der Waals surface area contributed by atoms with Crippen molar-refractivity contribution >= 4 is 39.3 Å². The lowest BCUT2D eigenvalue weighted by Gasteiger charge is -2.16. The zero-order valence-electron chi connectivity index (χ0n) is 16.7. The van der Waals surface area contributed by atoms with E-state index in [9.17, 15) is 27.2 Å². The Balaban J connectivity index is 1.65. The van der Waals surface area contributed by atoms with E-state index in [1.807, 2.05) is 22.8 Å². The standard InChI is InChI=1S/C19H22FN3O6S2/c1-23(31(27,28)16-8-6-14(20)7-9-16)10-2-5-18(25)29-13-17(24)22-19(26)21-12-15-4-3-11-30-15/h3-4,6-9,11H,2,5,10,12-13H2,1H3,(H2,21,22,24,26). The monoisotopic (exact) mass is 471 g/mol. The summed E-state index contributed by atoms with van der Waals surface area (Å²) in [4.78, 5) is 35.9. The molecule has 2 aromatic rings. The first-order valence-corrected chi connectivity index (χ1v) is 11.5. The molecule has 0 atom stereocenters. The molecule has 0 saturated carbocycles. The van der Waals surface area contributed by atoms with Gasteiger partial charge in [0, 0.05) is 24.9 Å². The Labute approximate surface area is 183 Å². The number of carbonyl (C=O) groups is 3. The Morgan fingerprint density at radius 2 is 1.87 bits per heavy atom. The van der Waals surface area contributed by atoms with Gasteiger partial charge in [-0.15, -0.1) is 11.3 Å². The molecule has 12 heteroatoms. The first-order valence-electron chi connectivity index (χ1n) is 9.16. The molecule has 0 bridgehead atoms. The van der Waals surface area contributed by atoms with Crippen LogP contribution in [-0.2, 0) is 30.9 Å². The average Bonchev–Trinajstić information content (AvgIpc) is 3.24. The number of imide groups is 1. The van der Waals surface area contributed by atoms with Gasteiger partial charge in [-0.25, -0.2) is 21.9 Å². The quantitative estimate of drug-likeness (QED) is 0.510. The molecule has 0 aliphatic rings. The van der Waals surface area contributed by atoms with E-state index in [2.05, 4.69) is 5.32 Å². The molecule has 168 valence electrons. The maximum Gasteiger partial charge on any atom is 0.321 e. The number of benzene rings is 1. The summed E-state index contributed by atoms with van der Waals surface area (Å²) >= 11 is 1.46. The van der Waals surface area contributed by atoms with Crippen LogP contribution in [0.5, 0.6) is 0 Å². The summed E-state index contributed by atoms with van der Waals surface area (Å²) in [7, 11) is -2.47. The molecule has 0 aliphatic carbocycles. The summed E-state index contributed by atoms with van der Waals surface area (Å²) in [6.07, 6.45) is 0.0276. The van der Waals surface area contributed by atoms with Crippen LogP contribution < -0.4 is 10.6 Å². The molecule has 0 spiro atoms. The van der Waals surface area contributed by atoms with Crippen molar-refractivity contribution in [1.82, 2.24) is 14.9 Å². The number of halogens is 1. The van der Waals surface area contributed by atoms with Crippen molar-refractivity contribution in [3.05, 3.63) is 52.5 Å². The van der Waals surface area contributed by atoms with Gasteiger partial charge in [0.1, 0.15) is 5.82 Å². The van der Waals surface area contributed by atoms with Crippen LogP contribution in [0.2, 0.25) is 0 Å². The van der Waals surface area contributed by atoms with Gasteiger partial charge in [-0.1, -0.05) is 6.07 Å². The van der Waals surface area contributed by atoms with Crippen LogP contribution in [0.15, 0.2) is 46.7 Å². The fourth-order valence-corrected chi connectivity index (χ4v) is 4.21. The molecule has 1 aromatic heterocycles. The van der Waals surface area contributed by atoms with Crippen molar-refractivity contribution in [2.45, 2.75) is 24.3 Å². The Kier molecular flexibility index (Phi) is 9.09. The second kappa shape index (κ2) is 11.5. The van der Waals surface area contributed by atoms with E-state index in [-0.39, 0.29) is 30.8 Å². The number of rotatable bonds is 10. The summed E-state index contributed by atoms with van der Waals surface area (Å²) in [5.41, 5.74) is 0. The van der Waals surface area contributed by atoms with Gasteiger partial charge in [-0.3, -0.25) is 14.9 Å². The van der Waals surface area contributed by atoms with Crippen LogP contribution >= 0.6 is 11.3 Å². The van der Waals surface area contributed by atoms with Gasteiger partial charge in [0.2, 0.25) is 10.0 Å². The zero-order valence-corrected chi connectivity index (χ0v) is 18.3. The molecule has 2 rings (SSSR count). The maximum atomic E-state index is 13.0. The second-order valence-corrected chi connectivity index (χ2v) is 9.43. The van der Waals surface area contributed by atoms with Crippen LogP contribution in [0.1, 0.15) is 17.7 Å². The molecule has 0 unspecified atom stereocenters. The SMILES string of the molecule is CN(CCCC(=O)OCC(=O)NC(=O)NCc1cccs1)S(=O)(=O)c1ccc(F)cc1. The fraction of sp³-hybridized carbons (Fsp3) is 0.316. The molecule has 1 heterocycles. The number of hydrogen-bond donors (Lipinski definition) is 2. The highest BCUT2D eigenvalue weighted by Gasteiger charge is 2.21. The van der Waals surface area contributed by atoms with E-state index in [0.717, 1.165) is 33.4 Å². The third kappa shape index (κ3) is 8.07. The lowest BCUT2D eigenvalue weighted by atomic mass is 10.3. The van der Waals surface area contributed by atoms with Gasteiger partial charge < -0.3 is 10.1 Å². The molecule has 0 radical (unpaired) electrons. The molecular weight excluding hydrogens is 449 g/mol. The predicted molar refractivity (Wildman–Crippen MR) is 111 cm³/mol. The lowest BCUT2D eigenvalue weighted by Crippen LogP contribution is -2.41. The number of carbonyl (C=O) groups excluding carboxylic acids is 3. The van der Waals surface area contributed by atoms with E-state index in [0.29, 0.717) is 0 Å². The largest absolute Gasteiger partial charge is 0.456 e. The van der Waals surface area contributed by atoms with E-state index in [1.165, 1.54) is 18.4 Å². The topological polar surface area (TPSA) is 122 Å². The van der Waals surface area contributed by atoms with Crippen molar-refractivity contribution in [1.29, 1.82) is 0 Å². The zero-order chi connectivity index (χ0) is 22.9. The molecule has 0 aliphatic heterocycles. The highest BCUT2D eigenvalue weighted by Crippen LogP contribution is 2.15. The van der Waals surface area contributed by atoms with Crippen LogP contribution in [0.3, 0.4) is 0 Å². The molecule has 0 fully saturated rings. The molecule has 0 saturated heterocycles. The number of ether oxygens (including phenoxy) is 1. The van der Waals surface area contributed by atoms with Gasteiger partial charge in [0.25, 0.3) is 5.91 Å². The highest BCUT2D eigenvalue weighted by molar-refractivity contribution is 7.89. The van der Waals surface area contributed by atoms with Gasteiger partial charge in [0.15, 0.2) is 6.61 Å². The van der Waals surface area contributed by atoms with Crippen molar-refractivity contribution in [2.75, 3.05) is 20.2 Å². The van der Waals surface area contributed by atoms with Crippen LogP contribution in [0.25, 0.3) is 0 Å². The van der Waals surface area contributed by atoms with E-state index >= 15 is 0 Å². The minimum absolute atomic E-state index is 0.0200. The van der Waals surface area contributed by atoms with Gasteiger partial charge in [-0.2, -0.15) is 0 Å². The smallest absolute Gasteiger partial charge is 0.321 e. The molecule has 31 heavy (non-hydrogen) atoms. The number of nitrogens with one attached hydrogen (secondary N) is 2. The van der Waals surface area contributed by atoms with E-state index < -0.39 is 40.4 Å². The van der Waals surface area contributed by atoms with Crippen LogP contribution in [-0.4, -0.2) is 50.8 Å². The summed E-state index contributed by atoms with van der Waals surface area (Å²) in [6, 6.07) is 7.37. The Morgan fingerprint density at radius 1 is 1.16 bits per heavy atom. The number of esters is 1. The molecule has 9 nitrogen and oxygen atoms in total. The van der Waals surface area contributed by atoms with E-state index in [1.54, 1.807) is 0 Å². The fourth-order valence-electron chi connectivity index (χ4n) is 2.36. The first-order chi connectivity index (χ1) is 14.7. The Morgan fingerprint density at radius 3 is 2.52 bits per heavy atom. The molecule has 2 N–H and O–H groups in total. The van der Waals surface area contributed by atoms with Crippen LogP contribution in [0, 0.1) is 5.82 Å². The van der Waals surface area contributed by atoms with E-state index in [4.69, 9.17) is 4.74 Å². The Bertz CT molecular complexity index is 994. The summed E-state index contributed by atoms with van der Waals surface area (Å²) in [5.74, 6) is -2.04. The van der Waals surface area contributed by atoms with Gasteiger partial charge >= 0.3 is 12.0 Å². The van der Waals surface area contributed by atoms with Gasteiger partial charge in [0.05, 0.1) is 11.4 Å².